The van der Waals surface area contributed by atoms with Crippen LogP contribution in [0.4, 0.5) is 5.82 Å². The fourth-order valence-electron chi connectivity index (χ4n) is 2.32. The Bertz CT molecular complexity index is 776. The molecular formula is C18H18N2O3. The summed E-state index contributed by atoms with van der Waals surface area (Å²) in [5.74, 6) is 1.14. The van der Waals surface area contributed by atoms with Crippen LogP contribution in [-0.2, 0) is 4.74 Å². The molecular weight excluding hydrogens is 292 g/mol. The van der Waals surface area contributed by atoms with Crippen molar-refractivity contribution in [2.45, 2.75) is 19.9 Å². The van der Waals surface area contributed by atoms with Crippen molar-refractivity contribution >= 4 is 22.8 Å². The molecule has 5 nitrogen and oxygen atoms in total. The van der Waals surface area contributed by atoms with E-state index in [2.05, 4.69) is 10.3 Å². The van der Waals surface area contributed by atoms with Crippen LogP contribution >= 0.6 is 0 Å². The molecule has 118 valence electrons. The van der Waals surface area contributed by atoms with E-state index in [4.69, 9.17) is 9.15 Å². The number of esters is 1. The standard InChI is InChI=1S/C18H18N2O3/c1-3-22-18(21)14-8-9-17(19-11-14)20-12(2)16-10-13-6-4-5-7-15(13)23-16/h4-12H,3H2,1-2H3,(H,19,20)/t12-/m1/s1. The number of carbonyl (C=O) groups excluding carboxylic acids is 1. The quantitative estimate of drug-likeness (QED) is 0.716. The first-order valence-electron chi connectivity index (χ1n) is 7.55. The van der Waals surface area contributed by atoms with Gasteiger partial charge in [-0.25, -0.2) is 9.78 Å². The molecule has 1 N–H and O–H groups in total. The van der Waals surface area contributed by atoms with E-state index >= 15 is 0 Å². The number of furan rings is 1. The molecule has 0 saturated heterocycles. The van der Waals surface area contributed by atoms with Gasteiger partial charge in [0, 0.05) is 11.6 Å². The third-order valence-electron chi connectivity index (χ3n) is 3.51. The van der Waals surface area contributed by atoms with Crippen LogP contribution in [0.5, 0.6) is 0 Å². The third-order valence-corrected chi connectivity index (χ3v) is 3.51. The van der Waals surface area contributed by atoms with E-state index < -0.39 is 0 Å². The number of hydrogen-bond acceptors (Lipinski definition) is 5. The number of rotatable bonds is 5. The van der Waals surface area contributed by atoms with Gasteiger partial charge in [-0.3, -0.25) is 0 Å². The Morgan fingerprint density at radius 1 is 1.30 bits per heavy atom. The molecule has 0 radical (unpaired) electrons. The SMILES string of the molecule is CCOC(=O)c1ccc(N[C@H](C)c2cc3ccccc3o2)nc1. The Kier molecular flexibility index (Phi) is 4.28. The van der Waals surface area contributed by atoms with Crippen molar-refractivity contribution in [3.8, 4) is 0 Å². The minimum atomic E-state index is -0.364. The Labute approximate surface area is 134 Å². The molecule has 3 rings (SSSR count). The first-order valence-corrected chi connectivity index (χ1v) is 7.55. The van der Waals surface area contributed by atoms with Gasteiger partial charge in [0.25, 0.3) is 0 Å². The van der Waals surface area contributed by atoms with Gasteiger partial charge in [0.15, 0.2) is 0 Å². The van der Waals surface area contributed by atoms with Gasteiger partial charge in [0.1, 0.15) is 17.2 Å². The predicted molar refractivity (Wildman–Crippen MR) is 88.4 cm³/mol. The lowest BCUT2D eigenvalue weighted by Crippen LogP contribution is -2.09. The second-order valence-electron chi connectivity index (χ2n) is 5.21. The topological polar surface area (TPSA) is 64.4 Å². The summed E-state index contributed by atoms with van der Waals surface area (Å²) < 4.78 is 10.8. The smallest absolute Gasteiger partial charge is 0.339 e. The fourth-order valence-corrected chi connectivity index (χ4v) is 2.32. The molecule has 0 spiro atoms. The number of pyridine rings is 1. The van der Waals surface area contributed by atoms with Crippen LogP contribution < -0.4 is 5.32 Å². The van der Waals surface area contributed by atoms with Crippen LogP contribution in [0.1, 0.15) is 36.0 Å². The highest BCUT2D eigenvalue weighted by molar-refractivity contribution is 5.89. The van der Waals surface area contributed by atoms with Gasteiger partial charge in [0.05, 0.1) is 18.2 Å². The summed E-state index contributed by atoms with van der Waals surface area (Å²) in [4.78, 5) is 15.8. The van der Waals surface area contributed by atoms with Crippen LogP contribution in [0.2, 0.25) is 0 Å². The molecule has 0 aliphatic rings. The first kappa shape index (κ1) is 15.1. The first-order chi connectivity index (χ1) is 11.2. The zero-order valence-electron chi connectivity index (χ0n) is 13.1. The van der Waals surface area contributed by atoms with Crippen molar-refractivity contribution < 1.29 is 13.9 Å². The van der Waals surface area contributed by atoms with E-state index in [0.29, 0.717) is 18.0 Å². The highest BCUT2D eigenvalue weighted by Crippen LogP contribution is 2.25. The Morgan fingerprint density at radius 2 is 2.13 bits per heavy atom. The molecule has 3 aromatic rings. The van der Waals surface area contributed by atoms with E-state index in [9.17, 15) is 4.79 Å². The maximum absolute atomic E-state index is 11.6. The molecule has 0 amide bonds. The van der Waals surface area contributed by atoms with Crippen LogP contribution in [-0.4, -0.2) is 17.6 Å². The molecule has 1 aromatic carbocycles. The Morgan fingerprint density at radius 3 is 2.83 bits per heavy atom. The van der Waals surface area contributed by atoms with Crippen LogP contribution in [0.25, 0.3) is 11.0 Å². The zero-order chi connectivity index (χ0) is 16.2. The molecule has 2 heterocycles. The number of anilines is 1. The highest BCUT2D eigenvalue weighted by atomic mass is 16.5. The lowest BCUT2D eigenvalue weighted by molar-refractivity contribution is 0.0526. The normalized spacial score (nSPS) is 12.1. The minimum absolute atomic E-state index is 0.0386. The van der Waals surface area contributed by atoms with Gasteiger partial charge >= 0.3 is 5.97 Å². The average Bonchev–Trinajstić information content (AvgIpc) is 3.00. The maximum atomic E-state index is 11.6. The molecule has 0 fully saturated rings. The number of aromatic nitrogens is 1. The van der Waals surface area contributed by atoms with Crippen molar-refractivity contribution in [3.63, 3.8) is 0 Å². The molecule has 0 aliphatic heterocycles. The van der Waals surface area contributed by atoms with Gasteiger partial charge in [-0.2, -0.15) is 0 Å². The molecule has 0 saturated carbocycles. The maximum Gasteiger partial charge on any atom is 0.339 e. The van der Waals surface area contributed by atoms with Crippen LogP contribution in [0, 0.1) is 0 Å². The molecule has 0 bridgehead atoms. The largest absolute Gasteiger partial charge is 0.462 e. The monoisotopic (exact) mass is 310 g/mol. The summed E-state index contributed by atoms with van der Waals surface area (Å²) in [7, 11) is 0. The Balaban J connectivity index is 1.72. The van der Waals surface area contributed by atoms with Crippen molar-refractivity contribution in [1.29, 1.82) is 0 Å². The van der Waals surface area contributed by atoms with Crippen molar-refractivity contribution in [3.05, 3.63) is 60.0 Å². The molecule has 0 aliphatic carbocycles. The summed E-state index contributed by atoms with van der Waals surface area (Å²) in [6.45, 7) is 4.12. The number of para-hydroxylation sites is 1. The highest BCUT2D eigenvalue weighted by Gasteiger charge is 2.12. The average molecular weight is 310 g/mol. The lowest BCUT2D eigenvalue weighted by Gasteiger charge is -2.12. The summed E-state index contributed by atoms with van der Waals surface area (Å²) in [5, 5.41) is 4.33. The molecule has 0 unspecified atom stereocenters. The second-order valence-corrected chi connectivity index (χ2v) is 5.21. The number of hydrogen-bond donors (Lipinski definition) is 1. The third kappa shape index (κ3) is 3.34. The number of nitrogens with zero attached hydrogens (tertiary/aromatic N) is 1. The van der Waals surface area contributed by atoms with Crippen LogP contribution in [0.15, 0.2) is 53.1 Å². The molecule has 5 heteroatoms. The Hall–Kier alpha value is -2.82. The summed E-state index contributed by atoms with van der Waals surface area (Å²) in [6.07, 6.45) is 1.51. The summed E-state index contributed by atoms with van der Waals surface area (Å²) in [5.41, 5.74) is 1.30. The summed E-state index contributed by atoms with van der Waals surface area (Å²) in [6, 6.07) is 13.3. The number of ether oxygens (including phenoxy) is 1. The molecule has 23 heavy (non-hydrogen) atoms. The number of benzene rings is 1. The lowest BCUT2D eigenvalue weighted by atomic mass is 10.2. The van der Waals surface area contributed by atoms with E-state index in [-0.39, 0.29) is 12.0 Å². The van der Waals surface area contributed by atoms with Crippen molar-refractivity contribution in [2.75, 3.05) is 11.9 Å². The molecule has 2 aromatic heterocycles. The van der Waals surface area contributed by atoms with Gasteiger partial charge in [-0.1, -0.05) is 18.2 Å². The predicted octanol–water partition coefficient (Wildman–Crippen LogP) is 4.18. The van der Waals surface area contributed by atoms with E-state index in [0.717, 1.165) is 16.7 Å². The van der Waals surface area contributed by atoms with E-state index in [1.165, 1.54) is 6.20 Å². The number of carbonyl (C=O) groups is 1. The van der Waals surface area contributed by atoms with E-state index in [1.54, 1.807) is 19.1 Å². The van der Waals surface area contributed by atoms with Gasteiger partial charge in [-0.15, -0.1) is 0 Å². The van der Waals surface area contributed by atoms with Gasteiger partial charge in [-0.05, 0) is 38.1 Å². The molecule has 1 atom stereocenters. The zero-order valence-corrected chi connectivity index (χ0v) is 13.1. The second kappa shape index (κ2) is 6.52. The number of fused-ring (bicyclic) bond motifs is 1. The van der Waals surface area contributed by atoms with Crippen LogP contribution in [0.3, 0.4) is 0 Å². The van der Waals surface area contributed by atoms with Gasteiger partial charge < -0.3 is 14.5 Å². The van der Waals surface area contributed by atoms with Crippen molar-refractivity contribution in [2.24, 2.45) is 0 Å². The summed E-state index contributed by atoms with van der Waals surface area (Å²) >= 11 is 0. The van der Waals surface area contributed by atoms with E-state index in [1.807, 2.05) is 37.3 Å². The van der Waals surface area contributed by atoms with Gasteiger partial charge in [0.2, 0.25) is 0 Å². The number of nitrogens with one attached hydrogen (secondary N) is 1. The minimum Gasteiger partial charge on any atom is -0.462 e. The van der Waals surface area contributed by atoms with Crippen molar-refractivity contribution in [1.82, 2.24) is 4.98 Å². The fraction of sp³-hybridized carbons (Fsp3) is 0.222.